The standard InChI is InChI=1S/C17H17FN6OS/c1-9(10-5-11(18)8-20-7-10)21-17-22-12-6-13(19)26-15(12)14(23-17)16(25)24-3-2-4-24/h5-9H,2-4,19H2,1H3,(H,21,22,23). The Balaban J connectivity index is 1.69. The number of aromatic nitrogens is 3. The molecule has 26 heavy (non-hydrogen) atoms. The number of carbonyl (C=O) groups is 1. The highest BCUT2D eigenvalue weighted by atomic mass is 32.1. The van der Waals surface area contributed by atoms with Crippen molar-refractivity contribution >= 4 is 38.4 Å². The van der Waals surface area contributed by atoms with Gasteiger partial charge in [0.25, 0.3) is 5.91 Å². The number of likely N-dealkylation sites (tertiary alicyclic amines) is 1. The summed E-state index contributed by atoms with van der Waals surface area (Å²) in [6, 6.07) is 2.85. The lowest BCUT2D eigenvalue weighted by molar-refractivity contribution is 0.0648. The van der Waals surface area contributed by atoms with Crippen LogP contribution in [0.4, 0.5) is 15.3 Å². The highest BCUT2D eigenvalue weighted by Gasteiger charge is 2.26. The van der Waals surface area contributed by atoms with Crippen LogP contribution < -0.4 is 11.1 Å². The van der Waals surface area contributed by atoms with Gasteiger partial charge in [-0.2, -0.15) is 0 Å². The molecule has 0 aliphatic carbocycles. The molecule has 3 aromatic heterocycles. The predicted octanol–water partition coefficient (Wildman–Crippen LogP) is 2.83. The third kappa shape index (κ3) is 3.05. The number of carbonyl (C=O) groups excluding carboxylic acids is 1. The fourth-order valence-corrected chi connectivity index (χ4v) is 3.61. The molecule has 1 amide bonds. The minimum atomic E-state index is -0.410. The molecular weight excluding hydrogens is 355 g/mol. The SMILES string of the molecule is CC(Nc1nc(C(=O)N2CCC2)c2sc(N)cc2n1)c1cncc(F)c1. The number of thiophene rings is 1. The number of fused-ring (bicyclic) bond motifs is 1. The molecule has 3 N–H and O–H groups in total. The van der Waals surface area contributed by atoms with Gasteiger partial charge >= 0.3 is 0 Å². The molecule has 1 saturated heterocycles. The summed E-state index contributed by atoms with van der Waals surface area (Å²) in [6.07, 6.45) is 3.73. The summed E-state index contributed by atoms with van der Waals surface area (Å²) >= 11 is 1.30. The molecular formula is C17H17FN6OS. The minimum Gasteiger partial charge on any atom is -0.391 e. The maximum atomic E-state index is 13.4. The Hall–Kier alpha value is -2.81. The van der Waals surface area contributed by atoms with Gasteiger partial charge in [-0.3, -0.25) is 9.78 Å². The van der Waals surface area contributed by atoms with Crippen LogP contribution in [-0.4, -0.2) is 38.8 Å². The van der Waals surface area contributed by atoms with Crippen LogP contribution in [0.3, 0.4) is 0 Å². The van der Waals surface area contributed by atoms with Crippen molar-refractivity contribution in [2.24, 2.45) is 0 Å². The quantitative estimate of drug-likeness (QED) is 0.731. The van der Waals surface area contributed by atoms with E-state index in [2.05, 4.69) is 20.3 Å². The first kappa shape index (κ1) is 16.6. The largest absolute Gasteiger partial charge is 0.391 e. The molecule has 1 aliphatic rings. The van der Waals surface area contributed by atoms with Gasteiger partial charge in [-0.05, 0) is 31.0 Å². The Bertz CT molecular complexity index is 987. The van der Waals surface area contributed by atoms with Crippen LogP contribution in [0.5, 0.6) is 0 Å². The van der Waals surface area contributed by atoms with Gasteiger partial charge in [-0.15, -0.1) is 11.3 Å². The molecule has 0 aromatic carbocycles. The van der Waals surface area contributed by atoms with Gasteiger partial charge in [0.05, 0.1) is 27.5 Å². The molecule has 7 nitrogen and oxygen atoms in total. The lowest BCUT2D eigenvalue weighted by atomic mass is 10.1. The number of nitrogens with zero attached hydrogens (tertiary/aromatic N) is 4. The van der Waals surface area contributed by atoms with Gasteiger partial charge in [0.2, 0.25) is 5.95 Å². The van der Waals surface area contributed by atoms with Gasteiger partial charge in [0, 0.05) is 19.3 Å². The van der Waals surface area contributed by atoms with E-state index in [4.69, 9.17) is 5.73 Å². The zero-order valence-corrected chi connectivity index (χ0v) is 14.9. The molecule has 1 fully saturated rings. The number of halogens is 1. The van der Waals surface area contributed by atoms with Crippen molar-refractivity contribution in [2.75, 3.05) is 24.1 Å². The number of hydrogen-bond donors (Lipinski definition) is 2. The fraction of sp³-hybridized carbons (Fsp3) is 0.294. The average molecular weight is 372 g/mol. The minimum absolute atomic E-state index is 0.117. The summed E-state index contributed by atoms with van der Waals surface area (Å²) in [5.41, 5.74) is 7.53. The van der Waals surface area contributed by atoms with E-state index in [0.29, 0.717) is 32.4 Å². The van der Waals surface area contributed by atoms with Crippen molar-refractivity contribution in [1.82, 2.24) is 19.9 Å². The second kappa shape index (κ2) is 6.49. The third-order valence-corrected chi connectivity index (χ3v) is 5.27. The number of hydrogen-bond acceptors (Lipinski definition) is 7. The summed E-state index contributed by atoms with van der Waals surface area (Å²) < 4.78 is 14.1. The van der Waals surface area contributed by atoms with Crippen molar-refractivity contribution in [3.8, 4) is 0 Å². The van der Waals surface area contributed by atoms with Crippen molar-refractivity contribution in [3.05, 3.63) is 41.6 Å². The highest BCUT2D eigenvalue weighted by Crippen LogP contribution is 2.31. The maximum absolute atomic E-state index is 13.4. The molecule has 1 atom stereocenters. The van der Waals surface area contributed by atoms with Crippen LogP contribution >= 0.6 is 11.3 Å². The van der Waals surface area contributed by atoms with E-state index in [0.717, 1.165) is 25.7 Å². The Kier molecular flexibility index (Phi) is 4.15. The number of pyridine rings is 1. The lowest BCUT2D eigenvalue weighted by Crippen LogP contribution is -2.42. The van der Waals surface area contributed by atoms with E-state index in [9.17, 15) is 9.18 Å². The molecule has 0 spiro atoms. The number of rotatable bonds is 4. The zero-order valence-electron chi connectivity index (χ0n) is 14.1. The Morgan fingerprint density at radius 3 is 2.85 bits per heavy atom. The molecule has 1 aliphatic heterocycles. The van der Waals surface area contributed by atoms with Crippen molar-refractivity contribution in [3.63, 3.8) is 0 Å². The summed E-state index contributed by atoms with van der Waals surface area (Å²) in [5.74, 6) is -0.226. The van der Waals surface area contributed by atoms with E-state index in [-0.39, 0.29) is 11.9 Å². The number of nitrogens with one attached hydrogen (secondary N) is 1. The number of anilines is 2. The van der Waals surface area contributed by atoms with E-state index in [1.807, 2.05) is 6.92 Å². The highest BCUT2D eigenvalue weighted by molar-refractivity contribution is 7.22. The molecule has 0 bridgehead atoms. The number of amides is 1. The van der Waals surface area contributed by atoms with E-state index in [1.54, 1.807) is 17.2 Å². The molecule has 0 saturated carbocycles. The van der Waals surface area contributed by atoms with E-state index in [1.165, 1.54) is 17.4 Å². The molecule has 3 aromatic rings. The first-order valence-corrected chi connectivity index (χ1v) is 9.06. The summed E-state index contributed by atoms with van der Waals surface area (Å²) in [4.78, 5) is 27.2. The topological polar surface area (TPSA) is 97.0 Å². The molecule has 9 heteroatoms. The Morgan fingerprint density at radius 1 is 1.35 bits per heavy atom. The summed E-state index contributed by atoms with van der Waals surface area (Å²) in [7, 11) is 0. The summed E-state index contributed by atoms with van der Waals surface area (Å²) in [5, 5.41) is 3.70. The van der Waals surface area contributed by atoms with Gasteiger partial charge < -0.3 is 16.0 Å². The van der Waals surface area contributed by atoms with Crippen LogP contribution in [0.15, 0.2) is 24.5 Å². The van der Waals surface area contributed by atoms with E-state index < -0.39 is 5.82 Å². The summed E-state index contributed by atoms with van der Waals surface area (Å²) in [6.45, 7) is 3.32. The maximum Gasteiger partial charge on any atom is 0.274 e. The molecule has 1 unspecified atom stereocenters. The molecule has 0 radical (unpaired) electrons. The number of nitrogen functional groups attached to an aromatic ring is 1. The number of nitrogens with two attached hydrogens (primary N) is 1. The first-order chi connectivity index (χ1) is 12.5. The molecule has 4 heterocycles. The van der Waals surface area contributed by atoms with Gasteiger partial charge in [0.1, 0.15) is 5.82 Å². The van der Waals surface area contributed by atoms with Crippen molar-refractivity contribution in [2.45, 2.75) is 19.4 Å². The van der Waals surface area contributed by atoms with Crippen LogP contribution in [-0.2, 0) is 0 Å². The second-order valence-corrected chi connectivity index (χ2v) is 7.29. The Morgan fingerprint density at radius 2 is 2.15 bits per heavy atom. The second-order valence-electron chi connectivity index (χ2n) is 6.21. The molecule has 4 rings (SSSR count). The fourth-order valence-electron chi connectivity index (χ4n) is 2.77. The lowest BCUT2D eigenvalue weighted by Gasteiger charge is -2.30. The van der Waals surface area contributed by atoms with Gasteiger partial charge in [-0.25, -0.2) is 14.4 Å². The van der Waals surface area contributed by atoms with Gasteiger partial charge in [0.15, 0.2) is 5.69 Å². The van der Waals surface area contributed by atoms with E-state index >= 15 is 0 Å². The Labute approximate surface area is 153 Å². The van der Waals surface area contributed by atoms with Crippen LogP contribution in [0.1, 0.15) is 35.4 Å². The molecule has 134 valence electrons. The predicted molar refractivity (Wildman–Crippen MR) is 98.6 cm³/mol. The normalized spacial score (nSPS) is 14.9. The van der Waals surface area contributed by atoms with Crippen LogP contribution in [0.25, 0.3) is 10.2 Å². The zero-order chi connectivity index (χ0) is 18.3. The average Bonchev–Trinajstić information content (AvgIpc) is 2.92. The van der Waals surface area contributed by atoms with Gasteiger partial charge in [-0.1, -0.05) is 0 Å². The van der Waals surface area contributed by atoms with Crippen LogP contribution in [0.2, 0.25) is 0 Å². The first-order valence-electron chi connectivity index (χ1n) is 8.24. The van der Waals surface area contributed by atoms with Crippen molar-refractivity contribution in [1.29, 1.82) is 0 Å². The monoisotopic (exact) mass is 372 g/mol. The van der Waals surface area contributed by atoms with Crippen LogP contribution in [0, 0.1) is 5.82 Å². The third-order valence-electron chi connectivity index (χ3n) is 4.31. The smallest absolute Gasteiger partial charge is 0.274 e. The van der Waals surface area contributed by atoms with Crippen molar-refractivity contribution < 1.29 is 9.18 Å².